The molecular formula is C15H25F3O4S. The molecule has 4 nitrogen and oxygen atoms in total. The van der Waals surface area contributed by atoms with Gasteiger partial charge in [-0.2, -0.15) is 21.6 Å². The molecule has 0 aromatic rings. The molecule has 2 aliphatic carbocycles. The van der Waals surface area contributed by atoms with E-state index in [9.17, 15) is 26.4 Å². The zero-order valence-corrected chi connectivity index (χ0v) is 14.2. The first-order valence-electron chi connectivity index (χ1n) is 7.72. The Morgan fingerprint density at radius 1 is 1.09 bits per heavy atom. The molecule has 0 spiro atoms. The molecule has 8 heteroatoms. The van der Waals surface area contributed by atoms with Gasteiger partial charge in [0.15, 0.2) is 0 Å². The number of carbonyl (C=O) groups is 1. The van der Waals surface area contributed by atoms with Crippen molar-refractivity contribution in [2.75, 3.05) is 0 Å². The minimum absolute atomic E-state index is 0. The predicted octanol–water partition coefficient (Wildman–Crippen LogP) is 4.57. The van der Waals surface area contributed by atoms with Gasteiger partial charge in [0.25, 0.3) is 0 Å². The fourth-order valence-electron chi connectivity index (χ4n) is 2.29. The summed E-state index contributed by atoms with van der Waals surface area (Å²) in [7, 11) is -5.48. The molecule has 1 saturated carbocycles. The first kappa shape index (κ1) is 20.0. The van der Waals surface area contributed by atoms with E-state index in [0.29, 0.717) is 24.5 Å². The van der Waals surface area contributed by atoms with Crippen molar-refractivity contribution in [1.29, 1.82) is 0 Å². The number of carbonyl (C=O) groups excluding carboxylic acids is 1. The lowest BCUT2D eigenvalue weighted by atomic mass is 9.90. The molecular weight excluding hydrogens is 333 g/mol. The lowest BCUT2D eigenvalue weighted by Crippen LogP contribution is -2.25. The summed E-state index contributed by atoms with van der Waals surface area (Å²) >= 11 is 0. The third-order valence-corrected chi connectivity index (χ3v) is 4.96. The summed E-state index contributed by atoms with van der Waals surface area (Å²) in [5, 5.41) is 0. The quantitative estimate of drug-likeness (QED) is 0.535. The number of alkyl halides is 3. The molecule has 0 saturated heterocycles. The van der Waals surface area contributed by atoms with E-state index < -0.39 is 15.6 Å². The van der Waals surface area contributed by atoms with Gasteiger partial charge in [-0.05, 0) is 43.6 Å². The Morgan fingerprint density at radius 3 is 2.00 bits per heavy atom. The first-order valence-corrected chi connectivity index (χ1v) is 9.13. The van der Waals surface area contributed by atoms with Crippen LogP contribution in [0.4, 0.5) is 13.2 Å². The van der Waals surface area contributed by atoms with Gasteiger partial charge in [-0.3, -0.25) is 4.79 Å². The van der Waals surface area contributed by atoms with Gasteiger partial charge in [-0.1, -0.05) is 13.8 Å². The van der Waals surface area contributed by atoms with Crippen LogP contribution < -0.4 is 0 Å². The molecule has 0 aliphatic heterocycles. The van der Waals surface area contributed by atoms with E-state index in [1.54, 1.807) is 0 Å². The van der Waals surface area contributed by atoms with Crippen LogP contribution in [0.5, 0.6) is 0 Å². The molecule has 0 radical (unpaired) electrons. The van der Waals surface area contributed by atoms with Crippen molar-refractivity contribution in [2.45, 2.75) is 64.3 Å². The third kappa shape index (κ3) is 6.93. The summed E-state index contributed by atoms with van der Waals surface area (Å²) in [4.78, 5) is 10.6. The van der Waals surface area contributed by atoms with Gasteiger partial charge >= 0.3 is 15.6 Å². The summed E-state index contributed by atoms with van der Waals surface area (Å²) in [6, 6.07) is 0. The van der Waals surface area contributed by atoms with Gasteiger partial charge in [0.05, 0.1) is 0 Å². The Bertz CT molecular complexity index is 533. The summed E-state index contributed by atoms with van der Waals surface area (Å²) in [5.74, 6) is 1.51. The zero-order chi connectivity index (χ0) is 17.7. The molecule has 0 N–H and O–H groups in total. The van der Waals surface area contributed by atoms with Crippen molar-refractivity contribution in [2.24, 2.45) is 11.8 Å². The molecule has 0 bridgehead atoms. The number of allylic oxidation sites excluding steroid dienone is 2. The molecule has 1 unspecified atom stereocenters. The highest BCUT2D eigenvalue weighted by molar-refractivity contribution is 7.87. The number of Topliss-reactive ketones (excluding diaryl/α,β-unsaturated/α-hetero) is 1. The van der Waals surface area contributed by atoms with E-state index in [2.05, 4.69) is 11.1 Å². The van der Waals surface area contributed by atoms with E-state index in [1.165, 1.54) is 6.08 Å². The second-order valence-electron chi connectivity index (χ2n) is 6.25. The number of rotatable bonds is 2. The van der Waals surface area contributed by atoms with E-state index in [0.717, 1.165) is 31.6 Å². The van der Waals surface area contributed by atoms with E-state index in [-0.39, 0.29) is 13.6 Å². The summed E-state index contributed by atoms with van der Waals surface area (Å²) < 4.78 is 61.0. The average molecular weight is 359 g/mol. The van der Waals surface area contributed by atoms with E-state index >= 15 is 0 Å². The maximum absolute atomic E-state index is 11.9. The van der Waals surface area contributed by atoms with Crippen molar-refractivity contribution in [3.63, 3.8) is 0 Å². The zero-order valence-electron chi connectivity index (χ0n) is 13.4. The Kier molecular flexibility index (Phi) is 7.10. The van der Waals surface area contributed by atoms with Crippen LogP contribution in [0.1, 0.15) is 60.2 Å². The van der Waals surface area contributed by atoms with Gasteiger partial charge in [0.2, 0.25) is 0 Å². The highest BCUT2D eigenvalue weighted by Crippen LogP contribution is 2.30. The lowest BCUT2D eigenvalue weighted by Gasteiger charge is -2.18. The van der Waals surface area contributed by atoms with Crippen LogP contribution in [0.3, 0.4) is 0 Å². The van der Waals surface area contributed by atoms with Gasteiger partial charge in [-0.15, -0.1) is 0 Å². The Hall–Kier alpha value is -1.05. The number of halogens is 3. The van der Waals surface area contributed by atoms with Crippen LogP contribution in [0.2, 0.25) is 0 Å². The highest BCUT2D eigenvalue weighted by Gasteiger charge is 2.48. The number of ketones is 1. The molecule has 0 heterocycles. The van der Waals surface area contributed by atoms with Crippen LogP contribution in [-0.4, -0.2) is 19.7 Å². The minimum atomic E-state index is -5.48. The SMILES string of the molecule is CC1CC=C(OS(=O)(=O)C(F)(F)F)CC1.CC1CCC(=O)CC1.[2HH]. The molecule has 2 aliphatic rings. The largest absolute Gasteiger partial charge is 0.534 e. The Balaban J connectivity index is 0.000000498. The molecule has 0 aromatic heterocycles. The van der Waals surface area contributed by atoms with Crippen molar-refractivity contribution >= 4 is 15.9 Å². The minimum Gasteiger partial charge on any atom is -0.381 e. The number of hydrogen-bond acceptors (Lipinski definition) is 4. The molecule has 0 amide bonds. The second kappa shape index (κ2) is 8.17. The summed E-state index contributed by atoms with van der Waals surface area (Å²) in [5.41, 5.74) is -5.35. The first-order chi connectivity index (χ1) is 10.5. The van der Waals surface area contributed by atoms with Crippen LogP contribution in [0, 0.1) is 11.8 Å². The third-order valence-electron chi connectivity index (χ3n) is 3.96. The van der Waals surface area contributed by atoms with Crippen molar-refractivity contribution in [1.82, 2.24) is 0 Å². The summed E-state index contributed by atoms with van der Waals surface area (Å²) in [6.07, 6.45) is 6.73. The normalized spacial score (nSPS) is 23.6. The highest BCUT2D eigenvalue weighted by atomic mass is 32.2. The van der Waals surface area contributed by atoms with Crippen molar-refractivity contribution in [3.8, 4) is 0 Å². The topological polar surface area (TPSA) is 60.4 Å². The van der Waals surface area contributed by atoms with Crippen molar-refractivity contribution < 1.29 is 32.0 Å². The second-order valence-corrected chi connectivity index (χ2v) is 7.79. The Labute approximate surface area is 136 Å². The standard InChI is InChI=1S/C8H11F3O3S.C7H12O.H2/c1-6-2-4-7(5-3-6)14-15(12,13)8(9,10)11;1-6-2-4-7(8)5-3-6;/h4,6H,2-3,5H2,1H3;6H,2-5H2,1H3;1H/i;;1+1. The fourth-order valence-corrected chi connectivity index (χ4v) is 2.82. The van der Waals surface area contributed by atoms with E-state index in [4.69, 9.17) is 0 Å². The van der Waals surface area contributed by atoms with Crippen LogP contribution in [0.25, 0.3) is 0 Å². The van der Waals surface area contributed by atoms with Gasteiger partial charge in [0.1, 0.15) is 11.5 Å². The average Bonchev–Trinajstić information content (AvgIpc) is 2.44. The van der Waals surface area contributed by atoms with E-state index in [1.807, 2.05) is 6.92 Å². The van der Waals surface area contributed by atoms with Gasteiger partial charge < -0.3 is 4.18 Å². The van der Waals surface area contributed by atoms with Crippen LogP contribution in [-0.2, 0) is 19.1 Å². The number of hydrogen-bond donors (Lipinski definition) is 0. The lowest BCUT2D eigenvalue weighted by molar-refractivity contribution is -0.120. The maximum Gasteiger partial charge on any atom is 0.534 e. The summed E-state index contributed by atoms with van der Waals surface area (Å²) in [6.45, 7) is 4.15. The smallest absolute Gasteiger partial charge is 0.381 e. The monoisotopic (exact) mass is 359 g/mol. The van der Waals surface area contributed by atoms with Crippen molar-refractivity contribution in [3.05, 3.63) is 11.8 Å². The van der Waals surface area contributed by atoms with Crippen LogP contribution >= 0.6 is 0 Å². The fraction of sp³-hybridized carbons (Fsp3) is 0.800. The molecule has 1 fully saturated rings. The van der Waals surface area contributed by atoms with Gasteiger partial charge in [0, 0.05) is 20.7 Å². The van der Waals surface area contributed by atoms with Crippen LogP contribution in [0.15, 0.2) is 11.8 Å². The predicted molar refractivity (Wildman–Crippen MR) is 81.9 cm³/mol. The molecule has 136 valence electrons. The molecule has 0 aromatic carbocycles. The molecule has 23 heavy (non-hydrogen) atoms. The molecule has 2 rings (SSSR count). The molecule has 1 atom stereocenters. The maximum atomic E-state index is 11.9. The van der Waals surface area contributed by atoms with Gasteiger partial charge in [-0.25, -0.2) is 0 Å². The Morgan fingerprint density at radius 2 is 1.61 bits per heavy atom.